The molecule has 1 aliphatic rings. The molecule has 3 heterocycles. The molecule has 0 unspecified atom stereocenters. The second-order valence-electron chi connectivity index (χ2n) is 9.30. The second kappa shape index (κ2) is 9.19. The fraction of sp³-hybridized carbons (Fsp3) is 0.133. The predicted molar refractivity (Wildman–Crippen MR) is 150 cm³/mol. The summed E-state index contributed by atoms with van der Waals surface area (Å²) in [4.78, 5) is 10.5. The first-order chi connectivity index (χ1) is 18.0. The van der Waals surface area contributed by atoms with Gasteiger partial charge in [-0.1, -0.05) is 43.0 Å². The molecule has 1 saturated heterocycles. The molecule has 0 spiro atoms. The number of H-pyrrole nitrogens is 2. The molecule has 2 aromatic heterocycles. The van der Waals surface area contributed by atoms with Gasteiger partial charge in [-0.15, -0.1) is 0 Å². The lowest BCUT2D eigenvalue weighted by Crippen LogP contribution is -2.57. The molecule has 0 saturated carbocycles. The zero-order chi connectivity index (χ0) is 25.5. The van der Waals surface area contributed by atoms with E-state index in [1.54, 1.807) is 18.2 Å². The summed E-state index contributed by atoms with van der Waals surface area (Å²) in [6.45, 7) is 7.49. The number of aromatic amines is 2. The van der Waals surface area contributed by atoms with Gasteiger partial charge in [-0.25, -0.2) is 9.38 Å². The average molecular weight is 491 g/mol. The van der Waals surface area contributed by atoms with Gasteiger partial charge in [0.1, 0.15) is 17.3 Å². The second-order valence-corrected chi connectivity index (χ2v) is 9.30. The fourth-order valence-electron chi connectivity index (χ4n) is 4.91. The summed E-state index contributed by atoms with van der Waals surface area (Å²) in [5, 5.41) is 9.84. The smallest absolute Gasteiger partial charge is 0.128 e. The lowest BCUT2D eigenvalue weighted by Gasteiger charge is -2.38. The molecule has 1 fully saturated rings. The number of nitrogens with zero attached hydrogens (tertiary/aromatic N) is 3. The zero-order valence-corrected chi connectivity index (χ0v) is 20.5. The van der Waals surface area contributed by atoms with Crippen molar-refractivity contribution in [3.63, 3.8) is 0 Å². The Balaban J connectivity index is 1.41. The van der Waals surface area contributed by atoms with E-state index in [-0.39, 0.29) is 11.9 Å². The van der Waals surface area contributed by atoms with Crippen LogP contribution in [0.5, 0.6) is 0 Å². The summed E-state index contributed by atoms with van der Waals surface area (Å²) < 4.78 is 13.5. The number of hydrogen-bond acceptors (Lipinski definition) is 3. The van der Waals surface area contributed by atoms with Gasteiger partial charge in [-0.05, 0) is 60.5 Å². The highest BCUT2D eigenvalue weighted by Gasteiger charge is 2.25. The summed E-state index contributed by atoms with van der Waals surface area (Å²) in [6.07, 6.45) is 3.78. The molecule has 0 aliphatic carbocycles. The number of benzene rings is 3. The molecule has 1 aliphatic heterocycles. The van der Waals surface area contributed by atoms with Crippen LogP contribution in [0.25, 0.3) is 50.0 Å². The number of aliphatic imine (C=N–C) groups is 1. The third-order valence-electron chi connectivity index (χ3n) is 6.86. The van der Waals surface area contributed by atoms with Gasteiger partial charge in [-0.3, -0.25) is 5.10 Å². The van der Waals surface area contributed by atoms with Gasteiger partial charge >= 0.3 is 0 Å². The first kappa shape index (κ1) is 22.9. The maximum absolute atomic E-state index is 13.5. The van der Waals surface area contributed by atoms with Crippen LogP contribution >= 0.6 is 0 Å². The third kappa shape index (κ3) is 4.13. The van der Waals surface area contributed by atoms with Crippen molar-refractivity contribution in [2.24, 2.45) is 10.7 Å². The summed E-state index contributed by atoms with van der Waals surface area (Å²) in [6, 6.07) is 21.1. The van der Waals surface area contributed by atoms with Crippen LogP contribution in [0.1, 0.15) is 12.5 Å². The highest BCUT2D eigenvalue weighted by molar-refractivity contribution is 6.02. The maximum Gasteiger partial charge on any atom is 0.128 e. The van der Waals surface area contributed by atoms with E-state index in [4.69, 9.17) is 10.7 Å². The Bertz CT molecular complexity index is 1680. The quantitative estimate of drug-likeness (QED) is 0.205. The molecule has 4 N–H and O–H groups in total. The number of nitrogens with two attached hydrogens (primary N) is 1. The minimum absolute atomic E-state index is 0.184. The Morgan fingerprint density at radius 3 is 2.62 bits per heavy atom. The van der Waals surface area contributed by atoms with E-state index in [2.05, 4.69) is 38.8 Å². The van der Waals surface area contributed by atoms with Crippen molar-refractivity contribution < 1.29 is 4.39 Å². The Morgan fingerprint density at radius 2 is 1.89 bits per heavy atom. The number of nitrogens with one attached hydrogen (secondary N) is 2. The highest BCUT2D eigenvalue weighted by atomic mass is 19.1. The van der Waals surface area contributed by atoms with Crippen LogP contribution < -0.4 is 5.73 Å². The number of fused-ring (bicyclic) bond motifs is 2. The van der Waals surface area contributed by atoms with Crippen LogP contribution in [-0.2, 0) is 0 Å². The van der Waals surface area contributed by atoms with Crippen molar-refractivity contribution in [2.45, 2.75) is 13.0 Å². The Labute approximate surface area is 214 Å². The molecule has 0 bridgehead atoms. The van der Waals surface area contributed by atoms with Crippen molar-refractivity contribution in [2.75, 3.05) is 13.1 Å². The summed E-state index contributed by atoms with van der Waals surface area (Å²) >= 11 is 0. The van der Waals surface area contributed by atoms with Crippen molar-refractivity contribution >= 4 is 33.3 Å². The van der Waals surface area contributed by atoms with Gasteiger partial charge in [0.2, 0.25) is 0 Å². The average Bonchev–Trinajstić information content (AvgIpc) is 3.52. The number of halogens is 1. The highest BCUT2D eigenvalue weighted by Crippen LogP contribution is 2.35. The molecule has 37 heavy (non-hydrogen) atoms. The number of amidine groups is 1. The van der Waals surface area contributed by atoms with E-state index in [1.807, 2.05) is 43.3 Å². The molecule has 0 atom stereocenters. The predicted octanol–water partition coefficient (Wildman–Crippen LogP) is 6.11. The van der Waals surface area contributed by atoms with Gasteiger partial charge in [0, 0.05) is 41.0 Å². The number of allylic oxidation sites excluding steroid dienone is 1. The largest absolute Gasteiger partial charge is 0.353 e. The Morgan fingerprint density at radius 1 is 1.08 bits per heavy atom. The minimum atomic E-state index is -0.247. The SMILES string of the molecule is C=CC(=N/C(=C\C)c1ccc2[nH]nc(-c3cc4c(-c5ccc(F)cc5)cccc4[nH]3)c2c1)N1CC(N)C1. The van der Waals surface area contributed by atoms with E-state index >= 15 is 0 Å². The molecule has 0 radical (unpaired) electrons. The molecule has 0 amide bonds. The van der Waals surface area contributed by atoms with E-state index in [9.17, 15) is 4.39 Å². The van der Waals surface area contributed by atoms with Crippen molar-refractivity contribution in [1.29, 1.82) is 0 Å². The van der Waals surface area contributed by atoms with Gasteiger partial charge in [0.15, 0.2) is 0 Å². The molecule has 5 aromatic rings. The molecule has 184 valence electrons. The maximum atomic E-state index is 13.5. The topological polar surface area (TPSA) is 86.1 Å². The monoisotopic (exact) mass is 490 g/mol. The van der Waals surface area contributed by atoms with Gasteiger partial charge in [-0.2, -0.15) is 5.10 Å². The number of aromatic nitrogens is 3. The third-order valence-corrected chi connectivity index (χ3v) is 6.86. The van der Waals surface area contributed by atoms with Crippen LogP contribution in [0.3, 0.4) is 0 Å². The molecule has 3 aromatic carbocycles. The number of rotatable bonds is 5. The Kier molecular flexibility index (Phi) is 5.70. The van der Waals surface area contributed by atoms with Crippen LogP contribution in [0, 0.1) is 5.82 Å². The lowest BCUT2D eigenvalue weighted by atomic mass is 10.0. The molecule has 7 heteroatoms. The minimum Gasteiger partial charge on any atom is -0.353 e. The van der Waals surface area contributed by atoms with Crippen molar-refractivity contribution in [1.82, 2.24) is 20.1 Å². The molecule has 6 nitrogen and oxygen atoms in total. The zero-order valence-electron chi connectivity index (χ0n) is 20.5. The van der Waals surface area contributed by atoms with Crippen LogP contribution in [0.15, 0.2) is 90.5 Å². The van der Waals surface area contributed by atoms with Crippen LogP contribution in [0.2, 0.25) is 0 Å². The molecular weight excluding hydrogens is 463 g/mol. The van der Waals surface area contributed by atoms with E-state index in [0.29, 0.717) is 0 Å². The summed E-state index contributed by atoms with van der Waals surface area (Å²) in [5.41, 5.74) is 13.5. The van der Waals surface area contributed by atoms with Gasteiger partial charge < -0.3 is 15.6 Å². The normalized spacial score (nSPS) is 14.9. The number of likely N-dealkylation sites (tertiary alicyclic amines) is 1. The fourth-order valence-corrected chi connectivity index (χ4v) is 4.91. The Hall–Kier alpha value is -4.49. The van der Waals surface area contributed by atoms with E-state index < -0.39 is 0 Å². The van der Waals surface area contributed by atoms with E-state index in [1.165, 1.54) is 12.1 Å². The van der Waals surface area contributed by atoms with E-state index in [0.717, 1.165) is 74.5 Å². The van der Waals surface area contributed by atoms with Crippen molar-refractivity contribution in [3.8, 4) is 22.5 Å². The van der Waals surface area contributed by atoms with Gasteiger partial charge in [0.05, 0.1) is 16.9 Å². The van der Waals surface area contributed by atoms with Crippen LogP contribution in [0.4, 0.5) is 4.39 Å². The molecule has 6 rings (SSSR count). The summed E-state index contributed by atoms with van der Waals surface area (Å²) in [5.74, 6) is 0.578. The molecular formula is C30H27FN6. The van der Waals surface area contributed by atoms with Crippen molar-refractivity contribution in [3.05, 3.63) is 96.8 Å². The lowest BCUT2D eigenvalue weighted by molar-refractivity contribution is 0.256. The summed E-state index contributed by atoms with van der Waals surface area (Å²) in [7, 11) is 0. The standard InChI is InChI=1S/C30H27FN6/c1-3-25(34-29(4-2)37-16-21(32)17-37)19-10-13-27-24(14-19)30(36-35-27)28-15-23-22(6-5-7-26(23)33-28)18-8-11-20(31)12-9-18/h3-15,21,33H,2,16-17,32H2,1H3,(H,35,36)/b25-3-,34-29?. The first-order valence-corrected chi connectivity index (χ1v) is 12.3. The van der Waals surface area contributed by atoms with Gasteiger partial charge in [0.25, 0.3) is 0 Å². The van der Waals surface area contributed by atoms with Crippen LogP contribution in [-0.4, -0.2) is 45.0 Å². The first-order valence-electron chi connectivity index (χ1n) is 12.3. The number of hydrogen-bond donors (Lipinski definition) is 3.